The number of nitrogens with one attached hydrogen (secondary N) is 1. The summed E-state index contributed by atoms with van der Waals surface area (Å²) in [5, 5.41) is 3.25. The van der Waals surface area contributed by atoms with Crippen LogP contribution in [0.4, 0.5) is 18.9 Å². The minimum atomic E-state index is -4.68. The van der Waals surface area contributed by atoms with Gasteiger partial charge >= 0.3 is 6.36 Å². The Morgan fingerprint density at radius 3 is 2.60 bits per heavy atom. The van der Waals surface area contributed by atoms with Gasteiger partial charge in [-0.1, -0.05) is 0 Å². The third-order valence-corrected chi connectivity index (χ3v) is 3.65. The second-order valence-corrected chi connectivity index (χ2v) is 5.44. The Balaban J connectivity index is 1.90. The highest BCUT2D eigenvalue weighted by molar-refractivity contribution is 9.10. The maximum absolute atomic E-state index is 12.1. The predicted molar refractivity (Wildman–Crippen MR) is 72.9 cm³/mol. The van der Waals surface area contributed by atoms with E-state index in [1.165, 1.54) is 6.07 Å². The van der Waals surface area contributed by atoms with Gasteiger partial charge in [0.25, 0.3) is 0 Å². The summed E-state index contributed by atoms with van der Waals surface area (Å²) >= 11 is 3.08. The molecule has 0 aliphatic heterocycles. The molecule has 0 unspecified atom stereocenters. The van der Waals surface area contributed by atoms with E-state index in [1.54, 1.807) is 12.1 Å². The first kappa shape index (κ1) is 15.4. The number of hydrogen-bond acceptors (Lipinski definition) is 3. The van der Waals surface area contributed by atoms with Gasteiger partial charge in [0.1, 0.15) is 5.75 Å². The predicted octanol–water partition coefficient (Wildman–Crippen LogP) is 4.33. The number of alkyl halides is 3. The van der Waals surface area contributed by atoms with E-state index >= 15 is 0 Å². The highest BCUT2D eigenvalue weighted by Gasteiger charge is 2.32. The average Bonchev–Trinajstić information content (AvgIpc) is 2.28. The van der Waals surface area contributed by atoms with Crippen molar-refractivity contribution in [1.29, 1.82) is 0 Å². The number of rotatable bonds is 5. The lowest BCUT2D eigenvalue weighted by atomic mass is 9.89. The van der Waals surface area contributed by atoms with Crippen LogP contribution in [0.1, 0.15) is 19.8 Å². The molecule has 2 rings (SSSR count). The molecular formula is C13H15BrF3NO2. The lowest BCUT2D eigenvalue weighted by Crippen LogP contribution is -2.40. The summed E-state index contributed by atoms with van der Waals surface area (Å²) in [5.41, 5.74) is 0.756. The number of hydrogen-bond donors (Lipinski definition) is 1. The summed E-state index contributed by atoms with van der Waals surface area (Å²) in [5.74, 6) is -0.246. The van der Waals surface area contributed by atoms with Gasteiger partial charge in [-0.25, -0.2) is 0 Å². The number of benzene rings is 1. The van der Waals surface area contributed by atoms with E-state index in [1.807, 2.05) is 6.92 Å². The van der Waals surface area contributed by atoms with E-state index in [0.29, 0.717) is 12.6 Å². The zero-order valence-electron chi connectivity index (χ0n) is 10.8. The van der Waals surface area contributed by atoms with Crippen LogP contribution < -0.4 is 10.1 Å². The van der Waals surface area contributed by atoms with Gasteiger partial charge in [-0.05, 0) is 53.9 Å². The Kier molecular flexibility index (Phi) is 4.80. The van der Waals surface area contributed by atoms with E-state index in [-0.39, 0.29) is 16.3 Å². The quantitative estimate of drug-likeness (QED) is 0.854. The van der Waals surface area contributed by atoms with Crippen molar-refractivity contribution in [3.05, 3.63) is 22.7 Å². The van der Waals surface area contributed by atoms with Crippen molar-refractivity contribution in [2.75, 3.05) is 11.9 Å². The smallest absolute Gasteiger partial charge is 0.405 e. The molecule has 0 heterocycles. The lowest BCUT2D eigenvalue weighted by Gasteiger charge is -2.36. The van der Waals surface area contributed by atoms with Crippen LogP contribution in [-0.4, -0.2) is 25.1 Å². The monoisotopic (exact) mass is 353 g/mol. The van der Waals surface area contributed by atoms with Crippen molar-refractivity contribution in [2.24, 2.45) is 0 Å². The van der Waals surface area contributed by atoms with E-state index in [4.69, 9.17) is 4.74 Å². The molecule has 0 amide bonds. The fraction of sp³-hybridized carbons (Fsp3) is 0.538. The largest absolute Gasteiger partial charge is 0.573 e. The average molecular weight is 354 g/mol. The van der Waals surface area contributed by atoms with Gasteiger partial charge in [0.15, 0.2) is 0 Å². The molecular weight excluding hydrogens is 339 g/mol. The Morgan fingerprint density at radius 1 is 1.35 bits per heavy atom. The summed E-state index contributed by atoms with van der Waals surface area (Å²) in [7, 11) is 0. The minimum Gasteiger partial charge on any atom is -0.405 e. The van der Waals surface area contributed by atoms with Crippen LogP contribution >= 0.6 is 15.9 Å². The van der Waals surface area contributed by atoms with Crippen LogP contribution in [0.2, 0.25) is 0 Å². The van der Waals surface area contributed by atoms with Gasteiger partial charge in [-0.15, -0.1) is 13.2 Å². The van der Waals surface area contributed by atoms with E-state index in [2.05, 4.69) is 26.0 Å². The molecule has 0 aromatic heterocycles. The first-order chi connectivity index (χ1) is 9.37. The Hall–Kier alpha value is -0.950. The molecule has 1 aliphatic rings. The summed E-state index contributed by atoms with van der Waals surface area (Å²) in [4.78, 5) is 0. The van der Waals surface area contributed by atoms with Crippen molar-refractivity contribution in [3.63, 3.8) is 0 Å². The third kappa shape index (κ3) is 4.28. The van der Waals surface area contributed by atoms with Crippen LogP contribution in [0.3, 0.4) is 0 Å². The number of halogens is 4. The number of ether oxygens (including phenoxy) is 2. The molecule has 0 spiro atoms. The molecule has 0 saturated heterocycles. The van der Waals surface area contributed by atoms with Crippen molar-refractivity contribution >= 4 is 21.6 Å². The fourth-order valence-corrected chi connectivity index (χ4v) is 2.55. The van der Waals surface area contributed by atoms with Gasteiger partial charge in [-0.2, -0.15) is 0 Å². The molecule has 1 aliphatic carbocycles. The SMILES string of the molecule is CCOC1CC(Nc2ccc(OC(F)(F)F)c(Br)c2)C1. The Morgan fingerprint density at radius 2 is 2.05 bits per heavy atom. The molecule has 1 saturated carbocycles. The van der Waals surface area contributed by atoms with Gasteiger partial charge in [-0.3, -0.25) is 0 Å². The summed E-state index contributed by atoms with van der Waals surface area (Å²) < 4.78 is 46.0. The Bertz CT molecular complexity index is 461. The number of anilines is 1. The molecule has 1 fully saturated rings. The molecule has 0 atom stereocenters. The maximum Gasteiger partial charge on any atom is 0.573 e. The van der Waals surface area contributed by atoms with E-state index in [0.717, 1.165) is 18.5 Å². The second-order valence-electron chi connectivity index (χ2n) is 4.58. The fourth-order valence-electron chi connectivity index (χ4n) is 2.09. The molecule has 1 N–H and O–H groups in total. The second kappa shape index (κ2) is 6.22. The third-order valence-electron chi connectivity index (χ3n) is 3.03. The van der Waals surface area contributed by atoms with Crippen molar-refractivity contribution in [2.45, 2.75) is 38.3 Å². The highest BCUT2D eigenvalue weighted by Crippen LogP contribution is 2.34. The summed E-state index contributed by atoms with van der Waals surface area (Å²) in [6.07, 6.45) is -2.58. The molecule has 20 heavy (non-hydrogen) atoms. The molecule has 7 heteroatoms. The Labute approximate surface area is 123 Å². The minimum absolute atomic E-state index is 0.246. The van der Waals surface area contributed by atoms with Gasteiger partial charge in [0.2, 0.25) is 0 Å². The van der Waals surface area contributed by atoms with Crippen LogP contribution in [0.15, 0.2) is 22.7 Å². The molecule has 0 radical (unpaired) electrons. The zero-order valence-corrected chi connectivity index (χ0v) is 12.4. The summed E-state index contributed by atoms with van der Waals surface area (Å²) in [6.45, 7) is 2.66. The lowest BCUT2D eigenvalue weighted by molar-refractivity contribution is -0.274. The highest BCUT2D eigenvalue weighted by atomic mass is 79.9. The molecule has 1 aromatic carbocycles. The topological polar surface area (TPSA) is 30.5 Å². The summed E-state index contributed by atoms with van der Waals surface area (Å²) in [6, 6.07) is 4.74. The van der Waals surface area contributed by atoms with Crippen LogP contribution in [-0.2, 0) is 4.74 Å². The molecule has 1 aromatic rings. The van der Waals surface area contributed by atoms with Crippen LogP contribution in [0.25, 0.3) is 0 Å². The normalized spacial score (nSPS) is 22.2. The van der Waals surface area contributed by atoms with E-state index < -0.39 is 6.36 Å². The van der Waals surface area contributed by atoms with Crippen molar-refractivity contribution in [3.8, 4) is 5.75 Å². The van der Waals surface area contributed by atoms with Gasteiger partial charge in [0.05, 0.1) is 10.6 Å². The van der Waals surface area contributed by atoms with Gasteiger partial charge < -0.3 is 14.8 Å². The first-order valence-corrected chi connectivity index (χ1v) is 7.10. The molecule has 0 bridgehead atoms. The first-order valence-electron chi connectivity index (χ1n) is 6.31. The van der Waals surface area contributed by atoms with Crippen LogP contribution in [0.5, 0.6) is 5.75 Å². The van der Waals surface area contributed by atoms with Crippen molar-refractivity contribution < 1.29 is 22.6 Å². The standard InChI is InChI=1S/C13H15BrF3NO2/c1-2-19-10-5-9(6-10)18-8-3-4-12(11(14)7-8)20-13(15,16)17/h3-4,7,9-10,18H,2,5-6H2,1H3. The zero-order chi connectivity index (χ0) is 14.8. The molecule has 112 valence electrons. The van der Waals surface area contributed by atoms with Crippen molar-refractivity contribution in [1.82, 2.24) is 0 Å². The van der Waals surface area contributed by atoms with Crippen LogP contribution in [0, 0.1) is 0 Å². The maximum atomic E-state index is 12.1. The molecule has 3 nitrogen and oxygen atoms in total. The van der Waals surface area contributed by atoms with E-state index in [9.17, 15) is 13.2 Å². The van der Waals surface area contributed by atoms with Gasteiger partial charge in [0, 0.05) is 18.3 Å².